The molecule has 0 aromatic heterocycles. The Morgan fingerprint density at radius 2 is 2.28 bits per heavy atom. The fourth-order valence-electron chi connectivity index (χ4n) is 1.88. The molecule has 18 heavy (non-hydrogen) atoms. The van der Waals surface area contributed by atoms with Crippen LogP contribution in [0.25, 0.3) is 0 Å². The number of amides is 1. The van der Waals surface area contributed by atoms with Crippen LogP contribution in [-0.4, -0.2) is 23.4 Å². The number of hydrogen-bond acceptors (Lipinski definition) is 4. The van der Waals surface area contributed by atoms with E-state index in [1.54, 1.807) is 12.1 Å². The van der Waals surface area contributed by atoms with Crippen LogP contribution in [0, 0.1) is 10.1 Å². The lowest BCUT2D eigenvalue weighted by Crippen LogP contribution is -2.44. The SMILES string of the molecule is O=C1NCCCC1Nc1cc(Br)ccc1[N+](=O)[O-]. The Balaban J connectivity index is 2.24. The van der Waals surface area contributed by atoms with Gasteiger partial charge in [-0.25, -0.2) is 0 Å². The van der Waals surface area contributed by atoms with Crippen LogP contribution in [0.2, 0.25) is 0 Å². The number of halogens is 1. The maximum absolute atomic E-state index is 11.6. The number of anilines is 1. The fourth-order valence-corrected chi connectivity index (χ4v) is 2.24. The second-order valence-corrected chi connectivity index (χ2v) is 4.96. The highest BCUT2D eigenvalue weighted by Crippen LogP contribution is 2.29. The van der Waals surface area contributed by atoms with E-state index in [4.69, 9.17) is 0 Å². The van der Waals surface area contributed by atoms with Crippen molar-refractivity contribution in [3.05, 3.63) is 32.8 Å². The summed E-state index contributed by atoms with van der Waals surface area (Å²) in [6.45, 7) is 0.664. The van der Waals surface area contributed by atoms with Gasteiger partial charge in [0.2, 0.25) is 5.91 Å². The summed E-state index contributed by atoms with van der Waals surface area (Å²) in [6, 6.07) is 4.21. The third-order valence-corrected chi connectivity index (χ3v) is 3.26. The number of nitrogens with zero attached hydrogens (tertiary/aromatic N) is 1. The average molecular weight is 314 g/mol. The predicted molar refractivity (Wildman–Crippen MR) is 70.5 cm³/mol. The van der Waals surface area contributed by atoms with Crippen LogP contribution in [0.15, 0.2) is 22.7 Å². The van der Waals surface area contributed by atoms with Gasteiger partial charge in [0.1, 0.15) is 11.7 Å². The average Bonchev–Trinajstić information content (AvgIpc) is 2.32. The Hall–Kier alpha value is -1.63. The standard InChI is InChI=1S/C11H12BrN3O3/c12-7-3-4-10(15(17)18)9(6-7)14-8-2-1-5-13-11(8)16/h3-4,6,8,14H,1-2,5H2,(H,13,16). The van der Waals surface area contributed by atoms with Gasteiger partial charge >= 0.3 is 0 Å². The van der Waals surface area contributed by atoms with Crippen molar-refractivity contribution in [2.75, 3.05) is 11.9 Å². The summed E-state index contributed by atoms with van der Waals surface area (Å²) in [7, 11) is 0. The molecule has 1 aliphatic heterocycles. The van der Waals surface area contributed by atoms with Gasteiger partial charge in [0, 0.05) is 17.1 Å². The summed E-state index contributed by atoms with van der Waals surface area (Å²) in [5, 5.41) is 16.6. The zero-order chi connectivity index (χ0) is 13.1. The third kappa shape index (κ3) is 2.79. The molecule has 0 saturated carbocycles. The van der Waals surface area contributed by atoms with Crippen molar-refractivity contribution in [2.24, 2.45) is 0 Å². The molecule has 1 atom stereocenters. The summed E-state index contributed by atoms with van der Waals surface area (Å²) < 4.78 is 0.729. The predicted octanol–water partition coefficient (Wildman–Crippen LogP) is 2.05. The molecular weight excluding hydrogens is 302 g/mol. The Morgan fingerprint density at radius 1 is 1.50 bits per heavy atom. The first kappa shape index (κ1) is 12.8. The number of rotatable bonds is 3. The largest absolute Gasteiger partial charge is 0.368 e. The van der Waals surface area contributed by atoms with Crippen LogP contribution in [0.3, 0.4) is 0 Å². The molecule has 0 bridgehead atoms. The first-order valence-corrected chi connectivity index (χ1v) is 6.35. The number of carbonyl (C=O) groups excluding carboxylic acids is 1. The smallest absolute Gasteiger partial charge is 0.292 e. The molecule has 0 spiro atoms. The molecule has 1 amide bonds. The number of carbonyl (C=O) groups is 1. The van der Waals surface area contributed by atoms with Crippen LogP contribution < -0.4 is 10.6 Å². The van der Waals surface area contributed by atoms with Gasteiger partial charge in [-0.15, -0.1) is 0 Å². The molecule has 1 unspecified atom stereocenters. The van der Waals surface area contributed by atoms with Crippen molar-refractivity contribution in [3.8, 4) is 0 Å². The molecule has 1 aromatic rings. The van der Waals surface area contributed by atoms with Gasteiger partial charge in [0.25, 0.3) is 5.69 Å². The summed E-state index contributed by atoms with van der Waals surface area (Å²) >= 11 is 3.26. The van der Waals surface area contributed by atoms with Gasteiger partial charge in [-0.2, -0.15) is 0 Å². The molecule has 2 rings (SSSR count). The summed E-state index contributed by atoms with van der Waals surface area (Å²) in [5.41, 5.74) is 0.327. The minimum Gasteiger partial charge on any atom is -0.368 e. The minimum atomic E-state index is -0.463. The fraction of sp³-hybridized carbons (Fsp3) is 0.364. The Kier molecular flexibility index (Phi) is 3.81. The van der Waals surface area contributed by atoms with E-state index >= 15 is 0 Å². The topological polar surface area (TPSA) is 84.3 Å². The van der Waals surface area contributed by atoms with Gasteiger partial charge in [0.15, 0.2) is 0 Å². The molecule has 1 aliphatic rings. The van der Waals surface area contributed by atoms with E-state index in [0.717, 1.165) is 10.9 Å². The van der Waals surface area contributed by atoms with E-state index in [-0.39, 0.29) is 11.6 Å². The zero-order valence-electron chi connectivity index (χ0n) is 9.48. The van der Waals surface area contributed by atoms with Crippen LogP contribution in [0.4, 0.5) is 11.4 Å². The van der Waals surface area contributed by atoms with Gasteiger partial charge in [-0.1, -0.05) is 15.9 Å². The summed E-state index contributed by atoms with van der Waals surface area (Å²) in [4.78, 5) is 22.1. The van der Waals surface area contributed by atoms with E-state index in [0.29, 0.717) is 18.7 Å². The molecule has 1 saturated heterocycles. The van der Waals surface area contributed by atoms with E-state index < -0.39 is 11.0 Å². The van der Waals surface area contributed by atoms with Crippen molar-refractivity contribution >= 4 is 33.2 Å². The van der Waals surface area contributed by atoms with Gasteiger partial charge < -0.3 is 10.6 Å². The van der Waals surface area contributed by atoms with Crippen LogP contribution in [0.1, 0.15) is 12.8 Å². The monoisotopic (exact) mass is 313 g/mol. The van der Waals surface area contributed by atoms with E-state index in [1.165, 1.54) is 6.07 Å². The maximum atomic E-state index is 11.6. The third-order valence-electron chi connectivity index (χ3n) is 2.77. The molecule has 0 aliphatic carbocycles. The Labute approximate surface area is 112 Å². The highest BCUT2D eigenvalue weighted by Gasteiger charge is 2.24. The van der Waals surface area contributed by atoms with E-state index in [9.17, 15) is 14.9 Å². The van der Waals surface area contributed by atoms with E-state index in [1.807, 2.05) is 0 Å². The van der Waals surface area contributed by atoms with Crippen LogP contribution >= 0.6 is 15.9 Å². The van der Waals surface area contributed by atoms with Crippen LogP contribution in [-0.2, 0) is 4.79 Å². The molecule has 1 aromatic carbocycles. The number of nitro groups is 1. The molecule has 1 heterocycles. The molecule has 1 fully saturated rings. The lowest BCUT2D eigenvalue weighted by Gasteiger charge is -2.23. The minimum absolute atomic E-state index is 0.0310. The first-order chi connectivity index (χ1) is 8.58. The second kappa shape index (κ2) is 5.34. The Morgan fingerprint density at radius 3 is 2.94 bits per heavy atom. The highest BCUT2D eigenvalue weighted by molar-refractivity contribution is 9.10. The van der Waals surface area contributed by atoms with Gasteiger partial charge in [-0.05, 0) is 25.0 Å². The van der Waals surface area contributed by atoms with Crippen molar-refractivity contribution in [2.45, 2.75) is 18.9 Å². The number of benzene rings is 1. The number of nitro benzene ring substituents is 1. The maximum Gasteiger partial charge on any atom is 0.292 e. The highest BCUT2D eigenvalue weighted by atomic mass is 79.9. The zero-order valence-corrected chi connectivity index (χ0v) is 11.1. The second-order valence-electron chi connectivity index (χ2n) is 4.05. The van der Waals surface area contributed by atoms with Crippen molar-refractivity contribution < 1.29 is 9.72 Å². The molecule has 96 valence electrons. The van der Waals surface area contributed by atoms with Gasteiger partial charge in [0.05, 0.1) is 4.92 Å². The Bertz CT molecular complexity index is 492. The lowest BCUT2D eigenvalue weighted by molar-refractivity contribution is -0.384. The normalized spacial score (nSPS) is 19.2. The number of piperidine rings is 1. The van der Waals surface area contributed by atoms with Crippen molar-refractivity contribution in [3.63, 3.8) is 0 Å². The van der Waals surface area contributed by atoms with Crippen molar-refractivity contribution in [1.82, 2.24) is 5.32 Å². The quantitative estimate of drug-likeness (QED) is 0.660. The van der Waals surface area contributed by atoms with Gasteiger partial charge in [-0.3, -0.25) is 14.9 Å². The lowest BCUT2D eigenvalue weighted by atomic mass is 10.1. The van der Waals surface area contributed by atoms with E-state index in [2.05, 4.69) is 26.6 Å². The summed E-state index contributed by atoms with van der Waals surface area (Å²) in [5.74, 6) is -0.115. The molecular formula is C11H12BrN3O3. The number of nitrogens with one attached hydrogen (secondary N) is 2. The van der Waals surface area contributed by atoms with Crippen molar-refractivity contribution in [1.29, 1.82) is 0 Å². The molecule has 7 heteroatoms. The summed E-state index contributed by atoms with van der Waals surface area (Å²) in [6.07, 6.45) is 1.54. The molecule has 6 nitrogen and oxygen atoms in total. The number of hydrogen-bond donors (Lipinski definition) is 2. The van der Waals surface area contributed by atoms with Crippen LogP contribution in [0.5, 0.6) is 0 Å². The molecule has 0 radical (unpaired) electrons. The molecule has 2 N–H and O–H groups in total. The first-order valence-electron chi connectivity index (χ1n) is 5.56.